The number of nitriles is 1. The first-order valence-corrected chi connectivity index (χ1v) is 11.0. The molecule has 0 spiro atoms. The quantitative estimate of drug-likeness (QED) is 0.303. The van der Waals surface area contributed by atoms with E-state index in [1.165, 1.54) is 30.2 Å². The van der Waals surface area contributed by atoms with Crippen molar-refractivity contribution in [2.24, 2.45) is 10.9 Å². The van der Waals surface area contributed by atoms with Crippen LogP contribution in [0.2, 0.25) is 0 Å². The lowest BCUT2D eigenvalue weighted by Crippen LogP contribution is -2.59. The first kappa shape index (κ1) is 23.2. The Labute approximate surface area is 199 Å². The number of nitrogens with two attached hydrogens (primary N) is 1. The molecular formula is C25H19FN4O3S. The first-order chi connectivity index (χ1) is 16.4. The van der Waals surface area contributed by atoms with Crippen molar-refractivity contribution in [1.29, 1.82) is 5.26 Å². The molecule has 0 unspecified atom stereocenters. The summed E-state index contributed by atoms with van der Waals surface area (Å²) in [6, 6.07) is 22.5. The van der Waals surface area contributed by atoms with Crippen LogP contribution in [-0.4, -0.2) is 23.3 Å². The molecule has 0 radical (unpaired) electrons. The number of carbonyl (C=O) groups excluding carboxylic acids is 1. The van der Waals surface area contributed by atoms with Gasteiger partial charge >= 0.3 is 5.91 Å². The van der Waals surface area contributed by atoms with Crippen molar-refractivity contribution in [3.63, 3.8) is 0 Å². The van der Waals surface area contributed by atoms with E-state index >= 15 is 0 Å². The van der Waals surface area contributed by atoms with Crippen LogP contribution in [-0.2, 0) is 10.4 Å². The highest BCUT2D eigenvalue weighted by Gasteiger charge is 2.47. The number of amides is 1. The Morgan fingerprint density at radius 2 is 1.85 bits per heavy atom. The van der Waals surface area contributed by atoms with Crippen LogP contribution in [0.25, 0.3) is 6.08 Å². The molecule has 170 valence electrons. The molecule has 7 nitrogen and oxygen atoms in total. The average Bonchev–Trinajstić information content (AvgIpc) is 2.83. The number of nitrogens with zero attached hydrogens (tertiary/aromatic N) is 3. The van der Waals surface area contributed by atoms with Gasteiger partial charge in [0.2, 0.25) is 0 Å². The summed E-state index contributed by atoms with van der Waals surface area (Å²) in [6.45, 7) is 1.05. The second kappa shape index (κ2) is 9.87. The van der Waals surface area contributed by atoms with E-state index in [1.807, 2.05) is 18.2 Å². The Kier molecular flexibility index (Phi) is 6.72. The number of carbonyl (C=O) groups is 1. The summed E-state index contributed by atoms with van der Waals surface area (Å²) >= 11 is 1.50. The van der Waals surface area contributed by atoms with Crippen molar-refractivity contribution < 1.29 is 13.9 Å². The molecule has 1 fully saturated rings. The molecule has 3 aromatic carbocycles. The number of hydrogen-bond donors (Lipinski definition) is 1. The van der Waals surface area contributed by atoms with Crippen LogP contribution in [0.4, 0.5) is 4.39 Å². The van der Waals surface area contributed by atoms with Crippen LogP contribution < -0.4 is 10.5 Å². The molecule has 9 heteroatoms. The lowest BCUT2D eigenvalue weighted by Gasteiger charge is -2.49. The van der Waals surface area contributed by atoms with Gasteiger partial charge in [0.05, 0.1) is 24.7 Å². The largest absolute Gasteiger partial charge is 0.480 e. The van der Waals surface area contributed by atoms with E-state index < -0.39 is 11.5 Å². The van der Waals surface area contributed by atoms with Gasteiger partial charge in [-0.15, -0.1) is 4.91 Å². The molecule has 2 N–H and O–H groups in total. The molecule has 34 heavy (non-hydrogen) atoms. The van der Waals surface area contributed by atoms with E-state index in [1.54, 1.807) is 42.5 Å². The maximum atomic E-state index is 13.5. The van der Waals surface area contributed by atoms with Crippen LogP contribution >= 0.6 is 11.9 Å². The SMILES string of the molecule is N#Cc1ccc(OC2(c3ccc(F)cc3)CN(Sc3cccc(/C=C(/N)C(=O)N=O)c3)C2)cc1. The minimum Gasteiger partial charge on any atom is -0.480 e. The van der Waals surface area contributed by atoms with E-state index in [0.29, 0.717) is 30.0 Å². The maximum absolute atomic E-state index is 13.5. The smallest absolute Gasteiger partial charge is 0.332 e. The average molecular weight is 475 g/mol. The van der Waals surface area contributed by atoms with E-state index in [4.69, 9.17) is 15.7 Å². The van der Waals surface area contributed by atoms with E-state index in [-0.39, 0.29) is 11.5 Å². The molecule has 0 aromatic heterocycles. The lowest BCUT2D eigenvalue weighted by molar-refractivity contribution is -0.114. The predicted molar refractivity (Wildman–Crippen MR) is 127 cm³/mol. The highest BCUT2D eigenvalue weighted by molar-refractivity contribution is 7.97. The second-order valence-corrected chi connectivity index (χ2v) is 8.87. The predicted octanol–water partition coefficient (Wildman–Crippen LogP) is 4.59. The molecule has 4 rings (SSSR count). The Morgan fingerprint density at radius 3 is 2.50 bits per heavy atom. The van der Waals surface area contributed by atoms with Crippen LogP contribution in [0, 0.1) is 22.1 Å². The van der Waals surface area contributed by atoms with E-state index in [2.05, 4.69) is 15.6 Å². The fraction of sp³-hybridized carbons (Fsp3) is 0.120. The number of rotatable bonds is 7. The molecule has 1 saturated heterocycles. The molecule has 3 aromatic rings. The van der Waals surface area contributed by atoms with Gasteiger partial charge in [0.1, 0.15) is 17.3 Å². The number of hydrogen-bond acceptors (Lipinski definition) is 7. The van der Waals surface area contributed by atoms with Crippen molar-refractivity contribution in [2.75, 3.05) is 13.1 Å². The third kappa shape index (κ3) is 5.14. The fourth-order valence-electron chi connectivity index (χ4n) is 3.57. The molecule has 0 aliphatic carbocycles. The zero-order chi connectivity index (χ0) is 24.1. The normalized spacial score (nSPS) is 15.1. The number of nitroso groups, excluding NO2 is 1. The summed E-state index contributed by atoms with van der Waals surface area (Å²) in [5, 5.41) is 11.3. The standard InChI is InChI=1S/C25H19FN4O3S/c26-20-8-6-19(7-9-20)25(33-21-10-4-17(14-27)5-11-21)15-30(16-25)34-22-3-1-2-18(12-22)13-23(28)24(31)29-32/h1-13H,15-16,28H2/b23-13+. The topological polar surface area (TPSA) is 109 Å². The van der Waals surface area contributed by atoms with Gasteiger partial charge in [-0.1, -0.05) is 24.3 Å². The number of halogens is 1. The third-order valence-corrected chi connectivity index (χ3v) is 6.26. The molecule has 1 aliphatic rings. The van der Waals surface area contributed by atoms with Crippen molar-refractivity contribution in [1.82, 2.24) is 4.31 Å². The third-order valence-electron chi connectivity index (χ3n) is 5.28. The summed E-state index contributed by atoms with van der Waals surface area (Å²) in [7, 11) is 0. The summed E-state index contributed by atoms with van der Waals surface area (Å²) < 4.78 is 22.0. The van der Waals surface area contributed by atoms with E-state index in [9.17, 15) is 14.1 Å². The van der Waals surface area contributed by atoms with Crippen molar-refractivity contribution >= 4 is 23.9 Å². The molecule has 1 aliphatic heterocycles. The molecule has 0 atom stereocenters. The second-order valence-electron chi connectivity index (χ2n) is 7.70. The summed E-state index contributed by atoms with van der Waals surface area (Å²) in [5.74, 6) is -0.718. The summed E-state index contributed by atoms with van der Waals surface area (Å²) in [5.41, 5.74) is 6.73. The van der Waals surface area contributed by atoms with Gasteiger partial charge < -0.3 is 10.5 Å². The maximum Gasteiger partial charge on any atom is 0.332 e. The minimum atomic E-state index is -1.01. The highest BCUT2D eigenvalue weighted by atomic mass is 32.2. The van der Waals surface area contributed by atoms with Gasteiger partial charge in [-0.2, -0.15) is 5.26 Å². The molecule has 0 saturated carbocycles. The molecule has 1 amide bonds. The Bertz CT molecular complexity index is 1280. The Balaban J connectivity index is 1.51. The van der Waals surface area contributed by atoms with Crippen LogP contribution in [0.3, 0.4) is 0 Å². The van der Waals surface area contributed by atoms with Gasteiger partial charge in [0.15, 0.2) is 5.60 Å². The molecular weight excluding hydrogens is 455 g/mol. The van der Waals surface area contributed by atoms with Crippen LogP contribution in [0.15, 0.2) is 88.6 Å². The Hall–Kier alpha value is -4.00. The van der Waals surface area contributed by atoms with Crippen molar-refractivity contribution in [3.8, 4) is 11.8 Å². The van der Waals surface area contributed by atoms with Crippen LogP contribution in [0.5, 0.6) is 5.75 Å². The van der Waals surface area contributed by atoms with Gasteiger partial charge in [0.25, 0.3) is 0 Å². The number of ether oxygens (including phenoxy) is 1. The minimum absolute atomic E-state index is 0.229. The molecule has 1 heterocycles. The first-order valence-electron chi connectivity index (χ1n) is 10.2. The zero-order valence-corrected chi connectivity index (χ0v) is 18.7. The highest BCUT2D eigenvalue weighted by Crippen LogP contribution is 2.42. The summed E-state index contributed by atoms with van der Waals surface area (Å²) in [6.07, 6.45) is 1.40. The van der Waals surface area contributed by atoms with Crippen LogP contribution in [0.1, 0.15) is 16.7 Å². The molecule has 0 bridgehead atoms. The van der Waals surface area contributed by atoms with Gasteiger partial charge in [0, 0.05) is 10.1 Å². The monoisotopic (exact) mass is 474 g/mol. The lowest BCUT2D eigenvalue weighted by atomic mass is 9.87. The van der Waals surface area contributed by atoms with Crippen molar-refractivity contribution in [2.45, 2.75) is 10.5 Å². The zero-order valence-electron chi connectivity index (χ0n) is 17.8. The number of benzene rings is 3. The summed E-state index contributed by atoms with van der Waals surface area (Å²) in [4.78, 5) is 22.6. The Morgan fingerprint density at radius 1 is 1.15 bits per heavy atom. The van der Waals surface area contributed by atoms with Crippen molar-refractivity contribution in [3.05, 3.63) is 106 Å². The van der Waals surface area contributed by atoms with Gasteiger partial charge in [-0.3, -0.25) is 4.79 Å². The van der Waals surface area contributed by atoms with Gasteiger partial charge in [-0.25, -0.2) is 8.70 Å². The van der Waals surface area contributed by atoms with E-state index in [0.717, 1.165) is 10.5 Å². The van der Waals surface area contributed by atoms with Gasteiger partial charge in [-0.05, 0) is 77.7 Å². The fourth-order valence-corrected chi connectivity index (χ4v) is 4.75.